The quantitative estimate of drug-likeness (QED) is 0.0245. The van der Waals surface area contributed by atoms with Gasteiger partial charge in [-0.15, -0.1) is 0 Å². The van der Waals surface area contributed by atoms with Crippen molar-refractivity contribution in [3.63, 3.8) is 0 Å². The van der Waals surface area contributed by atoms with Crippen molar-refractivity contribution < 1.29 is 24.5 Å². The number of aliphatic hydroxyl groups excluding tert-OH is 2. The number of aliphatic hydroxyl groups is 2. The van der Waals surface area contributed by atoms with E-state index < -0.39 is 18.2 Å². The second kappa shape index (κ2) is 51.5. The first kappa shape index (κ1) is 61.6. The SMILES string of the molecule is CCCCC/C=C\CCCCCCCC(=O)OC(CCCCC/C=C/C=C/C=C/C=C/CCCCC)CC(=O)NC(CO)C(O)CCCCCCCCCCCCCCCCCCC. The molecular formula is C58H105NO5. The third-order valence-corrected chi connectivity index (χ3v) is 12.4. The van der Waals surface area contributed by atoms with Crippen LogP contribution in [-0.4, -0.2) is 46.9 Å². The number of carbonyl (C=O) groups is 2. The van der Waals surface area contributed by atoms with Crippen LogP contribution in [0.5, 0.6) is 0 Å². The van der Waals surface area contributed by atoms with Crippen molar-refractivity contribution in [3.05, 3.63) is 60.8 Å². The Balaban J connectivity index is 4.61. The predicted octanol–water partition coefficient (Wildman–Crippen LogP) is 16.8. The topological polar surface area (TPSA) is 95.9 Å². The van der Waals surface area contributed by atoms with Crippen molar-refractivity contribution in [1.82, 2.24) is 5.32 Å². The molecule has 3 N–H and O–H groups in total. The largest absolute Gasteiger partial charge is 0.462 e. The van der Waals surface area contributed by atoms with E-state index in [9.17, 15) is 19.8 Å². The standard InChI is InChI=1S/C58H105NO5/c1-4-7-10-13-16-19-22-25-27-29-31-33-35-38-41-44-47-50-56(61)55(53-60)59-57(62)52-54(64-58(63)51-48-45-42-39-36-24-21-18-15-12-9-6-3)49-46-43-40-37-34-32-30-28-26-23-20-17-14-11-8-5-2/h17-18,20-21,23,26,28,30,32,34,54-56,60-61H,4-16,19,22,24-25,27,29,31,33,35-53H2,1-3H3,(H,59,62)/b20-17+,21-18-,26-23+,30-28+,34-32+. The summed E-state index contributed by atoms with van der Waals surface area (Å²) in [5.41, 5.74) is 0. The molecule has 0 aromatic rings. The molecule has 3 atom stereocenters. The zero-order valence-corrected chi connectivity index (χ0v) is 42.4. The summed E-state index contributed by atoms with van der Waals surface area (Å²) in [5.74, 6) is -0.519. The van der Waals surface area contributed by atoms with Gasteiger partial charge in [-0.25, -0.2) is 0 Å². The van der Waals surface area contributed by atoms with Crippen molar-refractivity contribution in [2.75, 3.05) is 6.61 Å². The smallest absolute Gasteiger partial charge is 0.306 e. The van der Waals surface area contributed by atoms with Gasteiger partial charge in [0.1, 0.15) is 6.10 Å². The Kier molecular flexibility index (Phi) is 49.6. The number of esters is 1. The molecule has 3 unspecified atom stereocenters. The first-order valence-corrected chi connectivity index (χ1v) is 27.6. The lowest BCUT2D eigenvalue weighted by Gasteiger charge is -2.24. The fraction of sp³-hybridized carbons (Fsp3) is 0.793. The second-order valence-electron chi connectivity index (χ2n) is 18.7. The molecule has 0 fully saturated rings. The van der Waals surface area contributed by atoms with Crippen LogP contribution in [0.1, 0.15) is 271 Å². The van der Waals surface area contributed by atoms with E-state index in [4.69, 9.17) is 4.74 Å². The average molecular weight is 896 g/mol. The fourth-order valence-corrected chi connectivity index (χ4v) is 8.20. The molecule has 0 radical (unpaired) electrons. The Hall–Kier alpha value is -2.44. The minimum atomic E-state index is -0.802. The van der Waals surface area contributed by atoms with Crippen LogP contribution in [0, 0.1) is 0 Å². The molecule has 0 saturated carbocycles. The second-order valence-corrected chi connectivity index (χ2v) is 18.7. The predicted molar refractivity (Wildman–Crippen MR) is 278 cm³/mol. The van der Waals surface area contributed by atoms with Crippen LogP contribution in [0.4, 0.5) is 0 Å². The first-order valence-electron chi connectivity index (χ1n) is 27.6. The Bertz CT molecular complexity index is 1140. The number of allylic oxidation sites excluding steroid dienone is 10. The highest BCUT2D eigenvalue weighted by Crippen LogP contribution is 2.18. The van der Waals surface area contributed by atoms with Gasteiger partial charge in [-0.1, -0.05) is 242 Å². The summed E-state index contributed by atoms with van der Waals surface area (Å²) >= 11 is 0. The summed E-state index contributed by atoms with van der Waals surface area (Å²) < 4.78 is 5.92. The summed E-state index contributed by atoms with van der Waals surface area (Å²) in [5, 5.41) is 23.8. The summed E-state index contributed by atoms with van der Waals surface area (Å²) in [6.45, 7) is 6.43. The molecule has 0 bridgehead atoms. The maximum absolute atomic E-state index is 13.2. The lowest BCUT2D eigenvalue weighted by atomic mass is 10.0. The van der Waals surface area contributed by atoms with Crippen LogP contribution in [0.15, 0.2) is 60.8 Å². The van der Waals surface area contributed by atoms with Crippen molar-refractivity contribution >= 4 is 11.9 Å². The number of ether oxygens (including phenoxy) is 1. The molecule has 0 aromatic heterocycles. The molecule has 0 heterocycles. The normalized spacial score (nSPS) is 13.6. The number of unbranched alkanes of at least 4 members (excludes halogenated alkanes) is 30. The number of amides is 1. The Labute approximate surface area is 397 Å². The number of carbonyl (C=O) groups excluding carboxylic acids is 2. The highest BCUT2D eigenvalue weighted by Gasteiger charge is 2.24. The van der Waals surface area contributed by atoms with Gasteiger partial charge in [-0.3, -0.25) is 9.59 Å². The van der Waals surface area contributed by atoms with Crippen LogP contribution in [0.25, 0.3) is 0 Å². The van der Waals surface area contributed by atoms with Crippen LogP contribution < -0.4 is 5.32 Å². The maximum atomic E-state index is 13.2. The van der Waals surface area contributed by atoms with Crippen LogP contribution in [-0.2, 0) is 14.3 Å². The average Bonchev–Trinajstić information content (AvgIpc) is 3.29. The van der Waals surface area contributed by atoms with Gasteiger partial charge >= 0.3 is 5.97 Å². The maximum Gasteiger partial charge on any atom is 0.306 e. The Morgan fingerprint density at radius 2 is 0.812 bits per heavy atom. The van der Waals surface area contributed by atoms with Crippen molar-refractivity contribution in [1.29, 1.82) is 0 Å². The minimum absolute atomic E-state index is 0.0478. The van der Waals surface area contributed by atoms with Gasteiger partial charge in [0.05, 0.1) is 25.2 Å². The molecule has 0 rings (SSSR count). The fourth-order valence-electron chi connectivity index (χ4n) is 8.20. The third-order valence-electron chi connectivity index (χ3n) is 12.4. The molecule has 0 aliphatic rings. The van der Waals surface area contributed by atoms with E-state index in [-0.39, 0.29) is 24.9 Å². The molecule has 0 aliphatic carbocycles. The van der Waals surface area contributed by atoms with Gasteiger partial charge in [0.15, 0.2) is 0 Å². The van der Waals surface area contributed by atoms with E-state index in [1.165, 1.54) is 148 Å². The molecule has 0 spiro atoms. The first-order chi connectivity index (χ1) is 31.5. The van der Waals surface area contributed by atoms with Crippen LogP contribution in [0.2, 0.25) is 0 Å². The van der Waals surface area contributed by atoms with E-state index in [0.717, 1.165) is 77.0 Å². The molecule has 0 aromatic carbocycles. The molecule has 0 saturated heterocycles. The molecule has 1 amide bonds. The lowest BCUT2D eigenvalue weighted by molar-refractivity contribution is -0.151. The number of nitrogens with one attached hydrogen (secondary N) is 1. The molecule has 6 nitrogen and oxygen atoms in total. The molecule has 64 heavy (non-hydrogen) atoms. The third kappa shape index (κ3) is 46.1. The monoisotopic (exact) mass is 896 g/mol. The lowest BCUT2D eigenvalue weighted by Crippen LogP contribution is -2.46. The van der Waals surface area contributed by atoms with Crippen molar-refractivity contribution in [3.8, 4) is 0 Å². The van der Waals surface area contributed by atoms with E-state index in [0.29, 0.717) is 19.3 Å². The van der Waals surface area contributed by atoms with E-state index in [1.807, 2.05) is 6.08 Å². The van der Waals surface area contributed by atoms with Gasteiger partial charge in [0.25, 0.3) is 0 Å². The summed E-state index contributed by atoms with van der Waals surface area (Å²) in [7, 11) is 0. The molecular weight excluding hydrogens is 791 g/mol. The Morgan fingerprint density at radius 3 is 1.30 bits per heavy atom. The van der Waals surface area contributed by atoms with Crippen molar-refractivity contribution in [2.24, 2.45) is 0 Å². The summed E-state index contributed by atoms with van der Waals surface area (Å²) in [4.78, 5) is 26.2. The zero-order valence-electron chi connectivity index (χ0n) is 42.4. The van der Waals surface area contributed by atoms with Gasteiger partial charge in [0.2, 0.25) is 5.91 Å². The number of hydrogen-bond donors (Lipinski definition) is 3. The number of hydrogen-bond acceptors (Lipinski definition) is 5. The molecule has 6 heteroatoms. The summed E-state index contributed by atoms with van der Waals surface area (Å²) in [6.07, 6.45) is 64.2. The molecule has 0 aliphatic heterocycles. The van der Waals surface area contributed by atoms with Crippen LogP contribution >= 0.6 is 0 Å². The van der Waals surface area contributed by atoms with E-state index in [2.05, 4.69) is 80.8 Å². The Morgan fingerprint density at radius 1 is 0.453 bits per heavy atom. The summed E-state index contributed by atoms with van der Waals surface area (Å²) in [6, 6.07) is -0.718. The van der Waals surface area contributed by atoms with Crippen LogP contribution in [0.3, 0.4) is 0 Å². The highest BCUT2D eigenvalue weighted by atomic mass is 16.5. The number of rotatable bonds is 49. The van der Waals surface area contributed by atoms with Crippen molar-refractivity contribution in [2.45, 2.75) is 289 Å². The zero-order chi connectivity index (χ0) is 46.7. The van der Waals surface area contributed by atoms with Gasteiger partial charge in [-0.2, -0.15) is 0 Å². The van der Waals surface area contributed by atoms with E-state index >= 15 is 0 Å². The van der Waals surface area contributed by atoms with Gasteiger partial charge < -0.3 is 20.3 Å². The van der Waals surface area contributed by atoms with Gasteiger partial charge in [0, 0.05) is 6.42 Å². The minimum Gasteiger partial charge on any atom is -0.462 e. The highest BCUT2D eigenvalue weighted by molar-refractivity contribution is 5.77. The van der Waals surface area contributed by atoms with Gasteiger partial charge in [-0.05, 0) is 77.0 Å². The molecule has 372 valence electrons. The van der Waals surface area contributed by atoms with E-state index in [1.54, 1.807) is 0 Å².